The Bertz CT molecular complexity index is 1250. The van der Waals surface area contributed by atoms with Crippen molar-refractivity contribution < 1.29 is 0 Å². The summed E-state index contributed by atoms with van der Waals surface area (Å²) in [4.78, 5) is 23.6. The lowest BCUT2D eigenvalue weighted by molar-refractivity contribution is 0.108. The van der Waals surface area contributed by atoms with E-state index in [1.165, 1.54) is 0 Å². The molecule has 3 aliphatic heterocycles. The summed E-state index contributed by atoms with van der Waals surface area (Å²) in [5, 5.41) is 10.6. The average molecular weight is 456 g/mol. The molecule has 9 nitrogen and oxygen atoms in total. The molecule has 2 aromatic heterocycles. The van der Waals surface area contributed by atoms with Crippen molar-refractivity contribution in [1.82, 2.24) is 19.9 Å². The number of piperazine rings is 2. The molecular formula is C25H29N9. The lowest BCUT2D eigenvalue weighted by Crippen LogP contribution is -2.65. The predicted octanol–water partition coefficient (Wildman–Crippen LogP) is 1.44. The molecule has 0 saturated carbocycles. The molecule has 0 amide bonds. The smallest absolute Gasteiger partial charge is 0.227 e. The quantitative estimate of drug-likeness (QED) is 0.629. The number of rotatable bonds is 3. The second-order valence-corrected chi connectivity index (χ2v) is 9.62. The van der Waals surface area contributed by atoms with Gasteiger partial charge in [0.1, 0.15) is 11.9 Å². The average Bonchev–Trinajstić information content (AvgIpc) is 2.86. The number of hydrogen-bond donors (Lipinski definition) is 1. The molecule has 2 N–H and O–H groups in total. The van der Waals surface area contributed by atoms with Crippen LogP contribution in [0.4, 0.5) is 17.5 Å². The number of nitrogens with zero attached hydrogens (tertiary/aromatic N) is 8. The zero-order valence-electron chi connectivity index (χ0n) is 19.4. The van der Waals surface area contributed by atoms with Gasteiger partial charge in [-0.2, -0.15) is 10.2 Å². The molecule has 9 heteroatoms. The largest absolute Gasteiger partial charge is 0.368 e. The van der Waals surface area contributed by atoms with E-state index in [-0.39, 0.29) is 6.04 Å². The van der Waals surface area contributed by atoms with E-state index in [1.54, 1.807) is 6.20 Å². The molecule has 34 heavy (non-hydrogen) atoms. The fraction of sp³-hybridized carbons (Fsp3) is 0.440. The number of nitriles is 1. The molecular weight excluding hydrogens is 426 g/mol. The highest BCUT2D eigenvalue weighted by Gasteiger charge is 2.37. The predicted molar refractivity (Wildman–Crippen MR) is 133 cm³/mol. The van der Waals surface area contributed by atoms with Crippen molar-refractivity contribution in [2.24, 2.45) is 5.73 Å². The van der Waals surface area contributed by atoms with Crippen LogP contribution in [0, 0.1) is 11.3 Å². The molecule has 0 radical (unpaired) electrons. The van der Waals surface area contributed by atoms with Gasteiger partial charge in [0.15, 0.2) is 0 Å². The third-order valence-corrected chi connectivity index (χ3v) is 7.36. The summed E-state index contributed by atoms with van der Waals surface area (Å²) in [6, 6.07) is 13.3. The number of pyridine rings is 1. The Labute approximate surface area is 199 Å². The second kappa shape index (κ2) is 8.38. The molecule has 3 aliphatic rings. The highest BCUT2D eigenvalue weighted by atomic mass is 15.4. The fourth-order valence-corrected chi connectivity index (χ4v) is 5.63. The van der Waals surface area contributed by atoms with Gasteiger partial charge in [-0.05, 0) is 37.3 Å². The zero-order chi connectivity index (χ0) is 23.2. The molecule has 174 valence electrons. The molecule has 6 rings (SSSR count). The van der Waals surface area contributed by atoms with E-state index in [0.29, 0.717) is 17.6 Å². The molecule has 0 spiro atoms. The monoisotopic (exact) mass is 455 g/mol. The van der Waals surface area contributed by atoms with E-state index < -0.39 is 0 Å². The highest BCUT2D eigenvalue weighted by molar-refractivity contribution is 5.95. The minimum Gasteiger partial charge on any atom is -0.368 e. The zero-order valence-corrected chi connectivity index (χ0v) is 19.4. The number of nitrogens with two attached hydrogens (primary N) is 1. The van der Waals surface area contributed by atoms with Crippen molar-refractivity contribution in [2.75, 3.05) is 60.5 Å². The van der Waals surface area contributed by atoms with E-state index in [2.05, 4.69) is 54.7 Å². The molecule has 1 aromatic carbocycles. The molecule has 3 aromatic rings. The van der Waals surface area contributed by atoms with E-state index in [0.717, 1.165) is 74.2 Å². The third-order valence-electron chi connectivity index (χ3n) is 7.36. The number of aromatic nitrogens is 3. The molecule has 0 unspecified atom stereocenters. The summed E-state index contributed by atoms with van der Waals surface area (Å²) in [6.45, 7) is 8.69. The molecule has 0 bridgehead atoms. The van der Waals surface area contributed by atoms with Crippen molar-refractivity contribution in [3.63, 3.8) is 0 Å². The minimum atomic E-state index is 0.241. The van der Waals surface area contributed by atoms with E-state index >= 15 is 0 Å². The summed E-state index contributed by atoms with van der Waals surface area (Å²) in [5.74, 6) is 1.76. The van der Waals surface area contributed by atoms with Crippen LogP contribution >= 0.6 is 0 Å². The Balaban J connectivity index is 1.25. The Morgan fingerprint density at radius 1 is 0.941 bits per heavy atom. The standard InChI is InChI=1S/C25H29N9/c1-17-12-32(22-5-4-18(11-26)24-21(22)3-2-7-28-24)16-20-15-31(9-10-34(17)20)25-29-8-6-23(30-25)33-13-19(27)14-33/h2-8,17,19-20H,9-10,12-16,27H2,1H3/t17-,20+/m1/s1. The van der Waals surface area contributed by atoms with E-state index in [1.807, 2.05) is 24.4 Å². The first-order chi connectivity index (χ1) is 16.6. The van der Waals surface area contributed by atoms with Gasteiger partial charge >= 0.3 is 0 Å². The summed E-state index contributed by atoms with van der Waals surface area (Å²) >= 11 is 0. The maximum Gasteiger partial charge on any atom is 0.227 e. The van der Waals surface area contributed by atoms with Crippen LogP contribution in [0.15, 0.2) is 42.7 Å². The number of hydrogen-bond acceptors (Lipinski definition) is 9. The van der Waals surface area contributed by atoms with Crippen LogP contribution in [-0.2, 0) is 0 Å². The Kier molecular flexibility index (Phi) is 5.20. The van der Waals surface area contributed by atoms with Gasteiger partial charge in [0.05, 0.1) is 11.1 Å². The van der Waals surface area contributed by atoms with Crippen LogP contribution in [0.3, 0.4) is 0 Å². The fourth-order valence-electron chi connectivity index (χ4n) is 5.63. The Morgan fingerprint density at radius 2 is 1.79 bits per heavy atom. The number of anilines is 3. The van der Waals surface area contributed by atoms with Crippen LogP contribution in [0.25, 0.3) is 10.9 Å². The van der Waals surface area contributed by atoms with Crippen molar-refractivity contribution in [2.45, 2.75) is 25.0 Å². The third kappa shape index (κ3) is 3.59. The second-order valence-electron chi connectivity index (χ2n) is 9.62. The van der Waals surface area contributed by atoms with E-state index in [9.17, 15) is 5.26 Å². The van der Waals surface area contributed by atoms with Gasteiger partial charge in [0, 0.05) is 87.4 Å². The lowest BCUT2D eigenvalue weighted by atomic mass is 10.0. The molecule has 5 heterocycles. The normalized spacial score (nSPS) is 23.5. The first-order valence-corrected chi connectivity index (χ1v) is 12.0. The van der Waals surface area contributed by atoms with Crippen LogP contribution in [0.2, 0.25) is 0 Å². The van der Waals surface area contributed by atoms with Crippen molar-refractivity contribution >= 4 is 28.4 Å². The van der Waals surface area contributed by atoms with Crippen LogP contribution < -0.4 is 20.4 Å². The van der Waals surface area contributed by atoms with Gasteiger partial charge in [-0.3, -0.25) is 9.88 Å². The van der Waals surface area contributed by atoms with E-state index in [4.69, 9.17) is 10.7 Å². The Morgan fingerprint density at radius 3 is 2.62 bits per heavy atom. The maximum atomic E-state index is 9.52. The first kappa shape index (κ1) is 21.1. The van der Waals surface area contributed by atoms with Gasteiger partial charge in [0.2, 0.25) is 5.95 Å². The van der Waals surface area contributed by atoms with Gasteiger partial charge in [-0.15, -0.1) is 0 Å². The maximum absolute atomic E-state index is 9.52. The summed E-state index contributed by atoms with van der Waals surface area (Å²) in [5.41, 5.74) is 8.51. The highest BCUT2D eigenvalue weighted by Crippen LogP contribution is 2.32. The summed E-state index contributed by atoms with van der Waals surface area (Å²) in [6.07, 6.45) is 3.62. The minimum absolute atomic E-state index is 0.241. The first-order valence-electron chi connectivity index (χ1n) is 12.0. The number of benzene rings is 1. The molecule has 3 saturated heterocycles. The molecule has 0 aliphatic carbocycles. The number of fused-ring (bicyclic) bond motifs is 2. The lowest BCUT2D eigenvalue weighted by Gasteiger charge is -2.51. The van der Waals surface area contributed by atoms with Crippen LogP contribution in [0.1, 0.15) is 12.5 Å². The summed E-state index contributed by atoms with van der Waals surface area (Å²) in [7, 11) is 0. The molecule has 2 atom stereocenters. The summed E-state index contributed by atoms with van der Waals surface area (Å²) < 4.78 is 0. The Hall–Kier alpha value is -3.48. The SMILES string of the molecule is C[C@@H]1CN(c2ccc(C#N)c3ncccc23)C[C@@H]2CN(c3nccc(N4CC(N)C4)n3)CCN21. The van der Waals surface area contributed by atoms with Crippen molar-refractivity contribution in [3.05, 3.63) is 48.3 Å². The van der Waals surface area contributed by atoms with Gasteiger partial charge < -0.3 is 20.4 Å². The van der Waals surface area contributed by atoms with Gasteiger partial charge in [0.25, 0.3) is 0 Å². The van der Waals surface area contributed by atoms with Gasteiger partial charge in [-0.1, -0.05) is 0 Å². The van der Waals surface area contributed by atoms with Gasteiger partial charge in [-0.25, -0.2) is 4.98 Å². The van der Waals surface area contributed by atoms with Crippen LogP contribution in [0.5, 0.6) is 0 Å². The van der Waals surface area contributed by atoms with Crippen molar-refractivity contribution in [1.29, 1.82) is 5.26 Å². The van der Waals surface area contributed by atoms with Crippen LogP contribution in [-0.4, -0.2) is 83.8 Å². The molecule has 3 fully saturated rings. The topological polar surface area (TPSA) is 101 Å². The van der Waals surface area contributed by atoms with Crippen molar-refractivity contribution in [3.8, 4) is 6.07 Å².